The first kappa shape index (κ1) is 35.5. The summed E-state index contributed by atoms with van der Waals surface area (Å²) in [5, 5.41) is 0. The van der Waals surface area contributed by atoms with E-state index in [1.54, 1.807) is 25.5 Å². The van der Waals surface area contributed by atoms with E-state index in [1.165, 1.54) is 33.4 Å². The SMILES string of the molecule is Cc1ccc2c(c1)[CH]([Zr+2]([C]1=C(C(C)C)C(C(C)C)=CC1C(C)C)=[C](c1ccccc1)c1ccccc1)c1cc(C)ccc1-2.[Cl-].[Cl-]. The van der Waals surface area contributed by atoms with Gasteiger partial charge in [0, 0.05) is 0 Å². The van der Waals surface area contributed by atoms with Gasteiger partial charge in [0.25, 0.3) is 0 Å². The van der Waals surface area contributed by atoms with Crippen LogP contribution >= 0.6 is 0 Å². The predicted octanol–water partition coefficient (Wildman–Crippen LogP) is 5.05. The van der Waals surface area contributed by atoms with Gasteiger partial charge in [-0.2, -0.15) is 0 Å². The van der Waals surface area contributed by atoms with Crippen molar-refractivity contribution >= 4 is 3.21 Å². The molecule has 0 aromatic heterocycles. The Kier molecular flexibility index (Phi) is 11.6. The molecule has 45 heavy (non-hydrogen) atoms. The van der Waals surface area contributed by atoms with Gasteiger partial charge >= 0.3 is 269 Å². The second-order valence-electron chi connectivity index (χ2n) is 13.7. The summed E-state index contributed by atoms with van der Waals surface area (Å²) >= 11 is -2.89. The fourth-order valence-corrected chi connectivity index (χ4v) is 18.5. The monoisotopic (exact) mass is 710 g/mol. The van der Waals surface area contributed by atoms with E-state index in [4.69, 9.17) is 0 Å². The van der Waals surface area contributed by atoms with Crippen molar-refractivity contribution in [3.05, 3.63) is 151 Å². The predicted molar refractivity (Wildman–Crippen MR) is 182 cm³/mol. The number of rotatable bonds is 7. The Morgan fingerprint density at radius 2 is 1.07 bits per heavy atom. The molecule has 6 rings (SSSR count). The summed E-state index contributed by atoms with van der Waals surface area (Å²) in [6.07, 6.45) is 2.71. The zero-order valence-corrected chi connectivity index (χ0v) is 31.9. The van der Waals surface area contributed by atoms with Crippen LogP contribution in [-0.2, 0) is 21.3 Å². The number of halogens is 2. The van der Waals surface area contributed by atoms with Gasteiger partial charge in [-0.05, 0) is 0 Å². The topological polar surface area (TPSA) is 0 Å². The summed E-state index contributed by atoms with van der Waals surface area (Å²) in [6.45, 7) is 19.2. The first-order valence-electron chi connectivity index (χ1n) is 16.2. The fourth-order valence-electron chi connectivity index (χ4n) is 7.63. The van der Waals surface area contributed by atoms with Crippen LogP contribution in [0.4, 0.5) is 0 Å². The van der Waals surface area contributed by atoms with Crippen molar-refractivity contribution in [2.75, 3.05) is 0 Å². The van der Waals surface area contributed by atoms with E-state index < -0.39 is 21.3 Å². The van der Waals surface area contributed by atoms with E-state index in [9.17, 15) is 0 Å². The molecule has 0 N–H and O–H groups in total. The molecule has 0 heterocycles. The standard InChI is InChI=1S/C15H13.C14H23.C13H10.2ClH.Zr/c1-10-3-5-14-12(7-10)9-13-8-11(2)4-6-15(13)14;1-9(2)12-7-13(10(3)4)14(8-12)11(5)6;1-3-7-12(8-4-1)11-13-9-5-2-6-10-13;;;/h3-9H,1-2H3;7,9-12H,1-6H3;1-10H;2*1H;/q;;;;;+2/p-2. The Hall–Kier alpha value is -2.31. The third-order valence-electron chi connectivity index (χ3n) is 9.51. The average molecular weight is 713 g/mol. The molecule has 0 aliphatic heterocycles. The summed E-state index contributed by atoms with van der Waals surface area (Å²) in [7, 11) is 0. The van der Waals surface area contributed by atoms with Crippen LogP contribution in [0, 0.1) is 37.5 Å². The minimum absolute atomic E-state index is 0. The van der Waals surface area contributed by atoms with Crippen molar-refractivity contribution in [2.24, 2.45) is 23.7 Å². The van der Waals surface area contributed by atoms with Crippen LogP contribution in [0.3, 0.4) is 0 Å². The second kappa shape index (κ2) is 14.6. The van der Waals surface area contributed by atoms with Crippen molar-refractivity contribution in [3.8, 4) is 11.1 Å². The van der Waals surface area contributed by atoms with Gasteiger partial charge in [0.15, 0.2) is 0 Å². The maximum atomic E-state index is 2.71. The van der Waals surface area contributed by atoms with Gasteiger partial charge in [0.2, 0.25) is 0 Å². The molecule has 0 saturated carbocycles. The van der Waals surface area contributed by atoms with Crippen LogP contribution in [0.25, 0.3) is 11.1 Å². The summed E-state index contributed by atoms with van der Waals surface area (Å²) in [6, 6.07) is 37.4. The van der Waals surface area contributed by atoms with E-state index >= 15 is 0 Å². The summed E-state index contributed by atoms with van der Waals surface area (Å²) < 4.78 is 3.91. The summed E-state index contributed by atoms with van der Waals surface area (Å²) in [5.41, 5.74) is 14.9. The molecule has 4 aromatic carbocycles. The molecular weight excluding hydrogens is 667 g/mol. The van der Waals surface area contributed by atoms with Gasteiger partial charge in [0.1, 0.15) is 0 Å². The molecule has 232 valence electrons. The van der Waals surface area contributed by atoms with E-state index in [1.807, 2.05) is 3.28 Å². The first-order valence-corrected chi connectivity index (χ1v) is 20.1. The van der Waals surface area contributed by atoms with E-state index in [0.29, 0.717) is 27.3 Å². The molecule has 0 saturated heterocycles. The van der Waals surface area contributed by atoms with E-state index in [2.05, 4.69) is 159 Å². The third kappa shape index (κ3) is 6.61. The number of benzene rings is 4. The first-order chi connectivity index (χ1) is 20.7. The fraction of sp³-hybridized carbons (Fsp3) is 0.310. The quantitative estimate of drug-likeness (QED) is 0.252. The van der Waals surface area contributed by atoms with Crippen molar-refractivity contribution in [1.29, 1.82) is 0 Å². The van der Waals surface area contributed by atoms with Gasteiger partial charge < -0.3 is 24.8 Å². The van der Waals surface area contributed by atoms with Crippen LogP contribution in [0.2, 0.25) is 0 Å². The molecule has 0 amide bonds. The molecule has 3 heteroatoms. The number of hydrogen-bond acceptors (Lipinski definition) is 0. The zero-order chi connectivity index (χ0) is 30.4. The Bertz CT molecular complexity index is 1660. The van der Waals surface area contributed by atoms with Gasteiger partial charge in [-0.1, -0.05) is 0 Å². The molecule has 0 spiro atoms. The molecular formula is C42H46Cl2Zr. The second-order valence-corrected chi connectivity index (χ2v) is 19.7. The normalized spacial score (nSPS) is 15.3. The Balaban J connectivity index is 0.00000230. The Labute approximate surface area is 292 Å². The van der Waals surface area contributed by atoms with Gasteiger partial charge in [-0.25, -0.2) is 0 Å². The van der Waals surface area contributed by atoms with Crippen molar-refractivity contribution in [2.45, 2.75) is 59.0 Å². The van der Waals surface area contributed by atoms with Crippen LogP contribution in [0.15, 0.2) is 118 Å². The molecule has 1 unspecified atom stereocenters. The van der Waals surface area contributed by atoms with Crippen LogP contribution < -0.4 is 24.8 Å². The molecule has 1 atom stereocenters. The number of aryl methyl sites for hydroxylation is 2. The maximum absolute atomic E-state index is 2.89. The summed E-state index contributed by atoms with van der Waals surface area (Å²) in [4.78, 5) is 0. The van der Waals surface area contributed by atoms with Gasteiger partial charge in [-0.3, -0.25) is 0 Å². The van der Waals surface area contributed by atoms with E-state index in [-0.39, 0.29) is 24.8 Å². The van der Waals surface area contributed by atoms with Crippen LogP contribution in [0.1, 0.15) is 78.5 Å². The third-order valence-corrected chi connectivity index (χ3v) is 18.1. The molecule has 4 aromatic rings. The smallest absolute Gasteiger partial charge is 1.00 e. The Morgan fingerprint density at radius 1 is 0.600 bits per heavy atom. The van der Waals surface area contributed by atoms with E-state index in [0.717, 1.165) is 0 Å². The maximum Gasteiger partial charge on any atom is -1.00 e. The number of fused-ring (bicyclic) bond motifs is 3. The molecule has 0 bridgehead atoms. The summed E-state index contributed by atoms with van der Waals surface area (Å²) in [5.74, 6) is 2.05. The Morgan fingerprint density at radius 3 is 1.47 bits per heavy atom. The number of allylic oxidation sites excluding steroid dienone is 4. The molecule has 0 radical (unpaired) electrons. The number of hydrogen-bond donors (Lipinski definition) is 0. The molecule has 0 nitrogen and oxygen atoms in total. The van der Waals surface area contributed by atoms with Crippen molar-refractivity contribution in [1.82, 2.24) is 0 Å². The largest absolute Gasteiger partial charge is 1.00 e. The van der Waals surface area contributed by atoms with Crippen molar-refractivity contribution in [3.63, 3.8) is 0 Å². The minimum atomic E-state index is -2.89. The molecule has 0 fully saturated rings. The van der Waals surface area contributed by atoms with Gasteiger partial charge in [-0.15, -0.1) is 0 Å². The zero-order valence-electron chi connectivity index (χ0n) is 28.0. The van der Waals surface area contributed by atoms with Crippen LogP contribution in [0.5, 0.6) is 0 Å². The molecule has 2 aliphatic rings. The average Bonchev–Trinajstić information content (AvgIpc) is 3.53. The minimum Gasteiger partial charge on any atom is -1.00 e. The van der Waals surface area contributed by atoms with Crippen molar-refractivity contribution < 1.29 is 46.1 Å². The van der Waals surface area contributed by atoms with Crippen LogP contribution in [-0.4, -0.2) is 3.21 Å². The molecule has 2 aliphatic carbocycles. The van der Waals surface area contributed by atoms with Gasteiger partial charge in [0.05, 0.1) is 0 Å².